The second-order valence-electron chi connectivity index (χ2n) is 6.57. The molecule has 1 aromatic heterocycles. The topological polar surface area (TPSA) is 34.6 Å². The molecule has 2 aromatic carbocycles. The van der Waals surface area contributed by atoms with E-state index in [-0.39, 0.29) is 0 Å². The maximum absolute atomic E-state index is 13.8. The van der Waals surface area contributed by atoms with Gasteiger partial charge in [-0.2, -0.15) is 0 Å². The Bertz CT molecular complexity index is 981. The highest BCUT2D eigenvalue weighted by atomic mass is 19.1. The number of aromatic nitrogens is 1. The lowest BCUT2D eigenvalue weighted by atomic mass is 9.98. The minimum absolute atomic E-state index is 0.407. The molecule has 0 spiro atoms. The maximum Gasteiger partial charge on any atom is 0.169 e. The van der Waals surface area contributed by atoms with E-state index in [1.54, 1.807) is 20.4 Å². The van der Waals surface area contributed by atoms with Crippen LogP contribution in [0.25, 0.3) is 21.9 Å². The number of rotatable bonds is 4. The Morgan fingerprint density at radius 3 is 2.30 bits per heavy atom. The van der Waals surface area contributed by atoms with Crippen molar-refractivity contribution in [2.24, 2.45) is 0 Å². The molecule has 0 aliphatic carbocycles. The number of halogens is 2. The summed E-state index contributed by atoms with van der Waals surface area (Å²) in [5.41, 5.74) is 1.01. The van der Waals surface area contributed by atoms with Crippen LogP contribution in [0, 0.1) is 11.6 Å². The van der Waals surface area contributed by atoms with Crippen LogP contribution >= 0.6 is 0 Å². The summed E-state index contributed by atoms with van der Waals surface area (Å²) in [6, 6.07) is 7.21. The number of anilines is 1. The van der Waals surface area contributed by atoms with E-state index in [4.69, 9.17) is 9.47 Å². The molecule has 0 unspecified atom stereocenters. The SMILES string of the molecule is COc1ccc2c(N3CCCC3)ncc(-c3cc(F)cc(F)c3)c2c1OC. The molecule has 2 heterocycles. The van der Waals surface area contributed by atoms with Crippen molar-refractivity contribution in [3.8, 4) is 22.6 Å². The zero-order chi connectivity index (χ0) is 19.0. The van der Waals surface area contributed by atoms with Gasteiger partial charge in [-0.05, 0) is 42.7 Å². The fourth-order valence-corrected chi connectivity index (χ4v) is 3.75. The molecule has 140 valence electrons. The van der Waals surface area contributed by atoms with Gasteiger partial charge in [0.05, 0.1) is 14.2 Å². The second kappa shape index (κ2) is 7.02. The first-order valence-corrected chi connectivity index (χ1v) is 8.87. The minimum atomic E-state index is -0.636. The van der Waals surface area contributed by atoms with Crippen molar-refractivity contribution in [3.63, 3.8) is 0 Å². The van der Waals surface area contributed by atoms with E-state index >= 15 is 0 Å². The number of benzene rings is 2. The van der Waals surface area contributed by atoms with Gasteiger partial charge in [-0.25, -0.2) is 13.8 Å². The van der Waals surface area contributed by atoms with Crippen molar-refractivity contribution >= 4 is 16.6 Å². The average Bonchev–Trinajstić information content (AvgIpc) is 3.19. The highest BCUT2D eigenvalue weighted by Gasteiger charge is 2.22. The fourth-order valence-electron chi connectivity index (χ4n) is 3.75. The summed E-state index contributed by atoms with van der Waals surface area (Å²) in [5, 5.41) is 1.61. The number of ether oxygens (including phenoxy) is 2. The van der Waals surface area contributed by atoms with E-state index < -0.39 is 11.6 Å². The minimum Gasteiger partial charge on any atom is -0.493 e. The van der Waals surface area contributed by atoms with Crippen LogP contribution < -0.4 is 14.4 Å². The van der Waals surface area contributed by atoms with Crippen LogP contribution in [-0.4, -0.2) is 32.3 Å². The third-order valence-electron chi connectivity index (χ3n) is 4.95. The molecule has 0 N–H and O–H groups in total. The van der Waals surface area contributed by atoms with Crippen molar-refractivity contribution in [1.82, 2.24) is 4.98 Å². The quantitative estimate of drug-likeness (QED) is 0.661. The number of pyridine rings is 1. The van der Waals surface area contributed by atoms with Gasteiger partial charge in [-0.3, -0.25) is 0 Å². The van der Waals surface area contributed by atoms with Gasteiger partial charge in [0.2, 0.25) is 0 Å². The lowest BCUT2D eigenvalue weighted by molar-refractivity contribution is 0.358. The second-order valence-corrected chi connectivity index (χ2v) is 6.57. The van der Waals surface area contributed by atoms with Gasteiger partial charge in [-0.1, -0.05) is 0 Å². The Hall–Kier alpha value is -2.89. The molecule has 4 rings (SSSR count). The Kier molecular flexibility index (Phi) is 4.56. The maximum atomic E-state index is 13.8. The molecule has 1 aliphatic rings. The molecule has 3 aromatic rings. The van der Waals surface area contributed by atoms with Crippen LogP contribution in [0.5, 0.6) is 11.5 Å². The summed E-state index contributed by atoms with van der Waals surface area (Å²) in [7, 11) is 3.12. The van der Waals surface area contributed by atoms with E-state index in [0.29, 0.717) is 22.6 Å². The van der Waals surface area contributed by atoms with Crippen LogP contribution in [0.3, 0.4) is 0 Å². The lowest BCUT2D eigenvalue weighted by Gasteiger charge is -2.22. The van der Waals surface area contributed by atoms with Gasteiger partial charge in [-0.15, -0.1) is 0 Å². The zero-order valence-electron chi connectivity index (χ0n) is 15.3. The Morgan fingerprint density at radius 2 is 1.67 bits per heavy atom. The summed E-state index contributed by atoms with van der Waals surface area (Å²) in [5.74, 6) is 0.663. The van der Waals surface area contributed by atoms with E-state index in [0.717, 1.165) is 48.6 Å². The van der Waals surface area contributed by atoms with Gasteiger partial charge < -0.3 is 14.4 Å². The van der Waals surface area contributed by atoms with Gasteiger partial charge >= 0.3 is 0 Å². The van der Waals surface area contributed by atoms with E-state index in [1.807, 2.05) is 12.1 Å². The Balaban J connectivity index is 2.05. The summed E-state index contributed by atoms with van der Waals surface area (Å²) in [6.45, 7) is 1.87. The van der Waals surface area contributed by atoms with Gasteiger partial charge in [0.1, 0.15) is 17.5 Å². The molecule has 6 heteroatoms. The van der Waals surface area contributed by atoms with Gasteiger partial charge in [0, 0.05) is 41.7 Å². The molecule has 0 radical (unpaired) electrons. The van der Waals surface area contributed by atoms with Gasteiger partial charge in [0.25, 0.3) is 0 Å². The summed E-state index contributed by atoms with van der Waals surface area (Å²) >= 11 is 0. The molecule has 1 aliphatic heterocycles. The summed E-state index contributed by atoms with van der Waals surface area (Å²) in [6.07, 6.45) is 3.90. The number of hydrogen-bond acceptors (Lipinski definition) is 4. The van der Waals surface area contributed by atoms with Crippen molar-refractivity contribution in [2.45, 2.75) is 12.8 Å². The van der Waals surface area contributed by atoms with Crippen LogP contribution in [0.1, 0.15) is 12.8 Å². The molecule has 0 amide bonds. The number of hydrogen-bond donors (Lipinski definition) is 0. The summed E-state index contributed by atoms with van der Waals surface area (Å²) < 4.78 is 38.8. The van der Waals surface area contributed by atoms with Crippen LogP contribution in [0.2, 0.25) is 0 Å². The number of fused-ring (bicyclic) bond motifs is 1. The zero-order valence-corrected chi connectivity index (χ0v) is 15.3. The normalized spacial score (nSPS) is 14.0. The molecule has 4 nitrogen and oxygen atoms in total. The highest BCUT2D eigenvalue weighted by Crippen LogP contribution is 2.44. The van der Waals surface area contributed by atoms with Gasteiger partial charge in [0.15, 0.2) is 11.5 Å². The first-order chi connectivity index (χ1) is 13.1. The molecule has 27 heavy (non-hydrogen) atoms. The number of nitrogens with zero attached hydrogens (tertiary/aromatic N) is 2. The average molecular weight is 370 g/mol. The van der Waals surface area contributed by atoms with E-state index in [9.17, 15) is 8.78 Å². The fraction of sp³-hybridized carbons (Fsp3) is 0.286. The van der Waals surface area contributed by atoms with Crippen LogP contribution in [0.4, 0.5) is 14.6 Å². The largest absolute Gasteiger partial charge is 0.493 e. The molecular weight excluding hydrogens is 350 g/mol. The van der Waals surface area contributed by atoms with E-state index in [1.165, 1.54) is 12.1 Å². The van der Waals surface area contributed by atoms with Crippen molar-refractivity contribution < 1.29 is 18.3 Å². The van der Waals surface area contributed by atoms with E-state index in [2.05, 4.69) is 9.88 Å². The third-order valence-corrected chi connectivity index (χ3v) is 4.95. The molecule has 0 saturated carbocycles. The molecule has 0 bridgehead atoms. The Morgan fingerprint density at radius 1 is 0.963 bits per heavy atom. The standard InChI is InChI=1S/C21H20F2N2O2/c1-26-18-6-5-16-19(20(18)27-2)17(13-9-14(22)11-15(23)10-13)12-24-21(16)25-7-3-4-8-25/h5-6,9-12H,3-4,7-8H2,1-2H3. The third kappa shape index (κ3) is 3.05. The van der Waals surface area contributed by atoms with Crippen LogP contribution in [-0.2, 0) is 0 Å². The predicted molar refractivity (Wildman–Crippen MR) is 102 cm³/mol. The van der Waals surface area contributed by atoms with Crippen molar-refractivity contribution in [1.29, 1.82) is 0 Å². The van der Waals surface area contributed by atoms with Crippen molar-refractivity contribution in [3.05, 3.63) is 48.2 Å². The molecule has 1 saturated heterocycles. The smallest absolute Gasteiger partial charge is 0.169 e. The first kappa shape index (κ1) is 17.5. The number of methoxy groups -OCH3 is 2. The monoisotopic (exact) mass is 370 g/mol. The molecular formula is C21H20F2N2O2. The highest BCUT2D eigenvalue weighted by molar-refractivity contribution is 6.07. The molecule has 0 atom stereocenters. The lowest BCUT2D eigenvalue weighted by Crippen LogP contribution is -2.19. The molecule has 1 fully saturated rings. The first-order valence-electron chi connectivity index (χ1n) is 8.87. The van der Waals surface area contributed by atoms with Crippen molar-refractivity contribution in [2.75, 3.05) is 32.2 Å². The van der Waals surface area contributed by atoms with Crippen LogP contribution in [0.15, 0.2) is 36.5 Å². The summed E-state index contributed by atoms with van der Waals surface area (Å²) in [4.78, 5) is 6.87. The predicted octanol–water partition coefficient (Wildman–Crippen LogP) is 4.80. The Labute approximate surface area is 156 Å².